The van der Waals surface area contributed by atoms with Crippen LogP contribution in [0, 0.1) is 11.3 Å². The fourth-order valence-electron chi connectivity index (χ4n) is 8.61. The zero-order valence-electron chi connectivity index (χ0n) is 32.7. The molecule has 0 aliphatic rings. The summed E-state index contributed by atoms with van der Waals surface area (Å²) < 4.78 is 45.1. The highest BCUT2D eigenvalue weighted by Crippen LogP contribution is 2.43. The van der Waals surface area contributed by atoms with E-state index in [9.17, 15) is 18.4 Å². The molecular weight excluding hydrogens is 778 g/mol. The van der Waals surface area contributed by atoms with Gasteiger partial charge < -0.3 is 9.13 Å². The first kappa shape index (κ1) is 36.7. The SMILES string of the molecule is N#Cc1cc(-c2nc(-c3ccccc3)nc(-c3ccccc3)n2)ccc1-n1c2ccccc2c2ccc3c(c4ccccc4n3-c3ccc(-c4cccc(C(F)(F)F)c4)cc3)c21. The van der Waals surface area contributed by atoms with E-state index in [1.54, 1.807) is 6.07 Å². The van der Waals surface area contributed by atoms with Gasteiger partial charge in [-0.25, -0.2) is 15.0 Å². The van der Waals surface area contributed by atoms with Gasteiger partial charge in [-0.1, -0.05) is 127 Å². The summed E-state index contributed by atoms with van der Waals surface area (Å²) in [6.07, 6.45) is -4.43. The summed E-state index contributed by atoms with van der Waals surface area (Å²) in [6.45, 7) is 0. The molecule has 6 nitrogen and oxygen atoms in total. The molecule has 0 fully saturated rings. The van der Waals surface area contributed by atoms with Crippen LogP contribution >= 0.6 is 0 Å². The number of para-hydroxylation sites is 2. The largest absolute Gasteiger partial charge is 0.416 e. The van der Waals surface area contributed by atoms with Gasteiger partial charge in [0.25, 0.3) is 0 Å². The molecule has 0 unspecified atom stereocenters. The average molecular weight is 809 g/mol. The van der Waals surface area contributed by atoms with E-state index < -0.39 is 11.7 Å². The van der Waals surface area contributed by atoms with Crippen molar-refractivity contribution >= 4 is 43.6 Å². The van der Waals surface area contributed by atoms with Gasteiger partial charge in [0.2, 0.25) is 0 Å². The third kappa shape index (κ3) is 6.08. The second kappa shape index (κ2) is 14.4. The Morgan fingerprint density at radius 2 is 1.00 bits per heavy atom. The molecule has 0 saturated heterocycles. The third-order valence-corrected chi connectivity index (χ3v) is 11.4. The molecule has 0 N–H and O–H groups in total. The maximum atomic E-state index is 13.6. The average Bonchev–Trinajstić information content (AvgIpc) is 3.84. The van der Waals surface area contributed by atoms with E-state index in [2.05, 4.69) is 51.6 Å². The summed E-state index contributed by atoms with van der Waals surface area (Å²) in [5.74, 6) is 1.51. The van der Waals surface area contributed by atoms with Crippen molar-refractivity contribution in [1.82, 2.24) is 24.1 Å². The van der Waals surface area contributed by atoms with Crippen LogP contribution in [-0.2, 0) is 6.18 Å². The number of rotatable bonds is 6. The minimum atomic E-state index is -4.43. The molecule has 0 aliphatic heterocycles. The number of hydrogen-bond acceptors (Lipinski definition) is 4. The summed E-state index contributed by atoms with van der Waals surface area (Å²) in [6, 6.07) is 61.5. The minimum absolute atomic E-state index is 0.444. The number of hydrogen-bond donors (Lipinski definition) is 0. The molecule has 0 amide bonds. The van der Waals surface area contributed by atoms with Crippen LogP contribution in [0.3, 0.4) is 0 Å². The first-order valence-electron chi connectivity index (χ1n) is 20.0. The van der Waals surface area contributed by atoms with Gasteiger partial charge in [0.1, 0.15) is 6.07 Å². The van der Waals surface area contributed by atoms with Crippen LogP contribution < -0.4 is 0 Å². The summed E-state index contributed by atoms with van der Waals surface area (Å²) in [7, 11) is 0. The lowest BCUT2D eigenvalue weighted by molar-refractivity contribution is -0.137. The fraction of sp³-hybridized carbons (Fsp3) is 0.0189. The minimum Gasteiger partial charge on any atom is -0.309 e. The zero-order valence-corrected chi connectivity index (χ0v) is 32.7. The highest BCUT2D eigenvalue weighted by Gasteiger charge is 2.30. The molecule has 0 atom stereocenters. The maximum Gasteiger partial charge on any atom is 0.416 e. The summed E-state index contributed by atoms with van der Waals surface area (Å²) in [5, 5.41) is 15.0. The predicted octanol–water partition coefficient (Wildman–Crippen LogP) is 13.6. The van der Waals surface area contributed by atoms with Gasteiger partial charge >= 0.3 is 6.18 Å². The van der Waals surface area contributed by atoms with Gasteiger partial charge in [0, 0.05) is 43.9 Å². The second-order valence-corrected chi connectivity index (χ2v) is 15.1. The molecular formula is C53H31F3N6. The smallest absolute Gasteiger partial charge is 0.309 e. The predicted molar refractivity (Wildman–Crippen MR) is 240 cm³/mol. The van der Waals surface area contributed by atoms with Crippen molar-refractivity contribution in [2.45, 2.75) is 6.18 Å². The lowest BCUT2D eigenvalue weighted by atomic mass is 10.0. The monoisotopic (exact) mass is 808 g/mol. The quantitative estimate of drug-likeness (QED) is 0.168. The Hall–Kier alpha value is -8.35. The van der Waals surface area contributed by atoms with Gasteiger partial charge in [-0.15, -0.1) is 0 Å². The Bertz CT molecular complexity index is 3510. The first-order chi connectivity index (χ1) is 30.3. The van der Waals surface area contributed by atoms with Crippen LogP contribution in [-0.4, -0.2) is 24.1 Å². The summed E-state index contributed by atoms with van der Waals surface area (Å²) >= 11 is 0. The van der Waals surface area contributed by atoms with Gasteiger partial charge in [0.05, 0.1) is 38.9 Å². The normalized spacial score (nSPS) is 11.8. The van der Waals surface area contributed by atoms with E-state index in [4.69, 9.17) is 15.0 Å². The Labute approximate surface area is 353 Å². The summed E-state index contributed by atoms with van der Waals surface area (Å²) in [4.78, 5) is 14.7. The molecule has 0 saturated carbocycles. The van der Waals surface area contributed by atoms with Crippen LogP contribution in [0.4, 0.5) is 13.2 Å². The number of nitriles is 1. The van der Waals surface area contributed by atoms with Crippen LogP contribution in [0.1, 0.15) is 11.1 Å². The lowest BCUT2D eigenvalue weighted by Gasteiger charge is -2.13. The molecule has 3 aromatic heterocycles. The topological polar surface area (TPSA) is 72.3 Å². The first-order valence-corrected chi connectivity index (χ1v) is 20.0. The number of nitrogens with zero attached hydrogens (tertiary/aromatic N) is 6. The summed E-state index contributed by atoms with van der Waals surface area (Å²) in [5.41, 5.74) is 8.67. The van der Waals surface area contributed by atoms with Crippen molar-refractivity contribution < 1.29 is 13.2 Å². The van der Waals surface area contributed by atoms with Gasteiger partial charge in [-0.2, -0.15) is 18.4 Å². The Morgan fingerprint density at radius 3 is 1.65 bits per heavy atom. The van der Waals surface area contributed by atoms with Crippen molar-refractivity contribution in [1.29, 1.82) is 5.26 Å². The molecule has 11 aromatic rings. The highest BCUT2D eigenvalue weighted by molar-refractivity contribution is 6.26. The molecule has 294 valence electrons. The Kier molecular flexibility index (Phi) is 8.55. The highest BCUT2D eigenvalue weighted by atomic mass is 19.4. The van der Waals surface area contributed by atoms with Gasteiger partial charge in [-0.05, 0) is 71.8 Å². The van der Waals surface area contributed by atoms with Crippen LogP contribution in [0.5, 0.6) is 0 Å². The second-order valence-electron chi connectivity index (χ2n) is 15.1. The molecule has 0 bridgehead atoms. The van der Waals surface area contributed by atoms with E-state index in [0.29, 0.717) is 45.4 Å². The van der Waals surface area contributed by atoms with Crippen molar-refractivity contribution in [3.8, 4) is 62.7 Å². The molecule has 11 rings (SSSR count). The lowest BCUT2D eigenvalue weighted by Crippen LogP contribution is -2.04. The molecule has 0 spiro atoms. The number of halogens is 3. The van der Waals surface area contributed by atoms with E-state index in [0.717, 1.165) is 66.5 Å². The Balaban J connectivity index is 1.10. The molecule has 9 heteroatoms. The molecule has 0 aliphatic carbocycles. The number of fused-ring (bicyclic) bond motifs is 7. The van der Waals surface area contributed by atoms with Gasteiger partial charge in [0.15, 0.2) is 17.5 Å². The van der Waals surface area contributed by atoms with Crippen LogP contribution in [0.15, 0.2) is 188 Å². The van der Waals surface area contributed by atoms with Crippen LogP contribution in [0.25, 0.3) is 100 Å². The van der Waals surface area contributed by atoms with Crippen molar-refractivity contribution in [3.63, 3.8) is 0 Å². The molecule has 62 heavy (non-hydrogen) atoms. The standard InChI is InChI=1S/C53H31F3N6/c54-53(55,56)39-17-11-16-36(31-39)33-22-25-40(26-23-33)61-46-21-10-8-19-43(46)48-47(61)29-27-42-41-18-7-9-20-45(41)62(49(42)48)44-28-24-37(30-38(44)32-57)52-59-50(34-12-3-1-4-13-34)58-51(60-52)35-14-5-2-6-15-35/h1-31H. The van der Waals surface area contributed by atoms with Crippen molar-refractivity contribution in [2.75, 3.05) is 0 Å². The zero-order chi connectivity index (χ0) is 42.0. The van der Waals surface area contributed by atoms with Gasteiger partial charge in [-0.3, -0.25) is 0 Å². The van der Waals surface area contributed by atoms with E-state index >= 15 is 0 Å². The number of alkyl halides is 3. The maximum absolute atomic E-state index is 13.6. The van der Waals surface area contributed by atoms with Crippen molar-refractivity contribution in [3.05, 3.63) is 199 Å². The number of benzene rings is 8. The fourth-order valence-corrected chi connectivity index (χ4v) is 8.61. The third-order valence-electron chi connectivity index (χ3n) is 11.4. The van der Waals surface area contributed by atoms with Crippen molar-refractivity contribution in [2.24, 2.45) is 0 Å². The molecule has 8 aromatic carbocycles. The van der Waals surface area contributed by atoms with Crippen LogP contribution in [0.2, 0.25) is 0 Å². The van der Waals surface area contributed by atoms with E-state index in [1.165, 1.54) is 12.1 Å². The van der Waals surface area contributed by atoms with E-state index in [1.807, 2.05) is 127 Å². The molecule has 3 heterocycles. The van der Waals surface area contributed by atoms with E-state index in [-0.39, 0.29) is 0 Å². The Morgan fingerprint density at radius 1 is 0.435 bits per heavy atom. The molecule has 0 radical (unpaired) electrons. The number of aromatic nitrogens is 5.